The first-order valence-corrected chi connectivity index (χ1v) is 9.43. The Labute approximate surface area is 155 Å². The fourth-order valence-electron chi connectivity index (χ4n) is 2.39. The first-order chi connectivity index (χ1) is 12.1. The zero-order chi connectivity index (χ0) is 18.0. The lowest BCUT2D eigenvalue weighted by Gasteiger charge is -2.18. The van der Waals surface area contributed by atoms with Crippen LogP contribution >= 0.6 is 27.7 Å². The Hall–Kier alpha value is -2.06. The summed E-state index contributed by atoms with van der Waals surface area (Å²) in [5.74, 6) is -0.732. The van der Waals surface area contributed by atoms with Crippen molar-refractivity contribution in [2.45, 2.75) is 22.2 Å². The van der Waals surface area contributed by atoms with Gasteiger partial charge in [0.15, 0.2) is 11.6 Å². The van der Waals surface area contributed by atoms with Gasteiger partial charge in [-0.25, -0.2) is 4.39 Å². The molecule has 130 valence electrons. The summed E-state index contributed by atoms with van der Waals surface area (Å²) >= 11 is 4.43. The molecule has 0 saturated heterocycles. The summed E-state index contributed by atoms with van der Waals surface area (Å²) in [6, 6.07) is 11.5. The van der Waals surface area contributed by atoms with Crippen LogP contribution in [0.5, 0.6) is 5.75 Å². The van der Waals surface area contributed by atoms with Gasteiger partial charge < -0.3 is 14.7 Å². The average Bonchev–Trinajstić information content (AvgIpc) is 2.62. The first-order valence-electron chi connectivity index (χ1n) is 7.49. The van der Waals surface area contributed by atoms with Crippen LogP contribution < -0.4 is 9.16 Å². The molecule has 8 heteroatoms. The van der Waals surface area contributed by atoms with Gasteiger partial charge in [-0.05, 0) is 30.8 Å². The molecule has 3 rings (SSSR count). The molecule has 1 aromatic heterocycles. The van der Waals surface area contributed by atoms with E-state index in [1.54, 1.807) is 6.92 Å². The van der Waals surface area contributed by atoms with E-state index in [1.807, 2.05) is 30.3 Å². The summed E-state index contributed by atoms with van der Waals surface area (Å²) in [5, 5.41) is 13.1. The van der Waals surface area contributed by atoms with Crippen molar-refractivity contribution >= 4 is 38.7 Å². The van der Waals surface area contributed by atoms with Crippen molar-refractivity contribution in [2.75, 3.05) is 6.61 Å². The van der Waals surface area contributed by atoms with Crippen molar-refractivity contribution in [3.63, 3.8) is 0 Å². The molecule has 0 spiro atoms. The maximum Gasteiger partial charge on any atom is 0.322 e. The minimum Gasteiger partial charge on any atom is -0.805 e. The predicted molar refractivity (Wildman–Crippen MR) is 98.4 cm³/mol. The number of fused-ring (bicyclic) bond motifs is 1. The van der Waals surface area contributed by atoms with Crippen molar-refractivity contribution in [3.05, 3.63) is 64.1 Å². The van der Waals surface area contributed by atoms with Crippen molar-refractivity contribution < 1.29 is 13.6 Å². The van der Waals surface area contributed by atoms with Crippen molar-refractivity contribution in [3.8, 4) is 5.75 Å². The number of hydrogen-bond acceptors (Lipinski definition) is 4. The molecule has 0 aliphatic rings. The van der Waals surface area contributed by atoms with Crippen LogP contribution in [0.2, 0.25) is 0 Å². The zero-order valence-corrected chi connectivity index (χ0v) is 15.6. The Morgan fingerprint density at radius 3 is 2.68 bits per heavy atom. The second-order valence-corrected chi connectivity index (χ2v) is 6.72. The van der Waals surface area contributed by atoms with Crippen LogP contribution in [0.15, 0.2) is 52.4 Å². The second kappa shape index (κ2) is 7.45. The van der Waals surface area contributed by atoms with E-state index in [0.717, 1.165) is 22.7 Å². The average molecular weight is 425 g/mol. The SMILES string of the molecule is CCOc1cc2c(cc1F)[n+](=O)c(Sc1ccccc1)c(CBr)n2[O-]. The number of aromatic nitrogens is 2. The van der Waals surface area contributed by atoms with Crippen LogP contribution in [0.1, 0.15) is 12.6 Å². The van der Waals surface area contributed by atoms with Gasteiger partial charge in [0.05, 0.1) is 22.4 Å². The van der Waals surface area contributed by atoms with Crippen LogP contribution in [-0.2, 0) is 5.33 Å². The van der Waals surface area contributed by atoms with Crippen LogP contribution in [0.3, 0.4) is 0 Å². The molecular weight excluding hydrogens is 411 g/mol. The van der Waals surface area contributed by atoms with E-state index in [4.69, 9.17) is 4.74 Å². The van der Waals surface area contributed by atoms with Crippen LogP contribution in [0.25, 0.3) is 11.0 Å². The Balaban J connectivity index is 2.26. The number of ether oxygens (including phenoxy) is 1. The van der Waals surface area contributed by atoms with Gasteiger partial charge in [-0.1, -0.05) is 34.1 Å². The van der Waals surface area contributed by atoms with Gasteiger partial charge >= 0.3 is 5.03 Å². The molecule has 0 N–H and O–H groups in total. The Bertz CT molecular complexity index is 979. The zero-order valence-electron chi connectivity index (χ0n) is 13.2. The summed E-state index contributed by atoms with van der Waals surface area (Å²) in [6.07, 6.45) is 0. The highest BCUT2D eigenvalue weighted by molar-refractivity contribution is 9.08. The van der Waals surface area contributed by atoms with E-state index in [-0.39, 0.29) is 39.4 Å². The molecule has 0 radical (unpaired) electrons. The molecule has 0 aliphatic carbocycles. The second-order valence-electron chi connectivity index (χ2n) is 5.09. The minimum atomic E-state index is -0.679. The molecule has 0 unspecified atom stereocenters. The molecule has 25 heavy (non-hydrogen) atoms. The summed E-state index contributed by atoms with van der Waals surface area (Å²) in [5.41, 5.74) is 0.274. The number of rotatable bonds is 5. The van der Waals surface area contributed by atoms with Gasteiger partial charge in [0.2, 0.25) is 0 Å². The van der Waals surface area contributed by atoms with Gasteiger partial charge in [-0.3, -0.25) is 0 Å². The smallest absolute Gasteiger partial charge is 0.322 e. The highest BCUT2D eigenvalue weighted by Gasteiger charge is 2.25. The molecule has 0 fully saturated rings. The quantitative estimate of drug-likeness (QED) is 0.447. The van der Waals surface area contributed by atoms with Crippen molar-refractivity contribution in [1.82, 2.24) is 4.73 Å². The summed E-state index contributed by atoms with van der Waals surface area (Å²) < 4.78 is 20.6. The molecular formula is C17H14BrFN2O3S. The van der Waals surface area contributed by atoms with Crippen molar-refractivity contribution in [2.24, 2.45) is 0 Å². The lowest BCUT2D eigenvalue weighted by atomic mass is 10.2. The molecule has 0 saturated carbocycles. The highest BCUT2D eigenvalue weighted by atomic mass is 79.9. The maximum absolute atomic E-state index is 14.2. The third-order valence-electron chi connectivity index (χ3n) is 3.53. The first kappa shape index (κ1) is 17.8. The van der Waals surface area contributed by atoms with E-state index in [0.29, 0.717) is 9.16 Å². The van der Waals surface area contributed by atoms with Crippen LogP contribution in [0.4, 0.5) is 4.39 Å². The van der Waals surface area contributed by atoms with Crippen molar-refractivity contribution in [1.29, 1.82) is 0 Å². The predicted octanol–water partition coefficient (Wildman–Crippen LogP) is 4.49. The standard InChI is InChI=1S/C17H14BrFN2O3S/c1-2-24-16-9-14-13(8-12(16)19)21(23)17(15(10-18)20(14)22)25-11-6-4-3-5-7-11/h3-9H,2,10H2,1H3. The lowest BCUT2D eigenvalue weighted by molar-refractivity contribution is -0.511. The fourth-order valence-corrected chi connectivity index (χ4v) is 4.04. The largest absolute Gasteiger partial charge is 0.805 e. The van der Waals surface area contributed by atoms with Gasteiger partial charge in [0.25, 0.3) is 5.52 Å². The van der Waals surface area contributed by atoms with Crippen LogP contribution in [-0.4, -0.2) is 11.3 Å². The Morgan fingerprint density at radius 2 is 2.04 bits per heavy atom. The highest BCUT2D eigenvalue weighted by Crippen LogP contribution is 2.31. The number of alkyl halides is 1. The summed E-state index contributed by atoms with van der Waals surface area (Å²) in [7, 11) is 0. The Kier molecular flexibility index (Phi) is 5.29. The molecule has 3 aromatic rings. The number of benzene rings is 2. The lowest BCUT2D eigenvalue weighted by Crippen LogP contribution is -2.24. The number of nitrogens with zero attached hydrogens (tertiary/aromatic N) is 2. The molecule has 0 aliphatic heterocycles. The normalized spacial score (nSPS) is 11.0. The van der Waals surface area contributed by atoms with Gasteiger partial charge in [-0.2, -0.15) is 0 Å². The van der Waals surface area contributed by atoms with E-state index >= 15 is 0 Å². The van der Waals surface area contributed by atoms with E-state index in [1.165, 1.54) is 6.07 Å². The van der Waals surface area contributed by atoms with E-state index < -0.39 is 5.82 Å². The van der Waals surface area contributed by atoms with Crippen LogP contribution in [0, 0.1) is 15.9 Å². The van der Waals surface area contributed by atoms with E-state index in [9.17, 15) is 14.5 Å². The summed E-state index contributed by atoms with van der Waals surface area (Å²) in [6.45, 7) is 1.97. The number of halogens is 2. The van der Waals surface area contributed by atoms with Gasteiger partial charge in [-0.15, -0.1) is 0 Å². The topological polar surface area (TPSA) is 60.2 Å². The molecule has 0 bridgehead atoms. The van der Waals surface area contributed by atoms with Gasteiger partial charge in [0, 0.05) is 15.9 Å². The molecule has 0 atom stereocenters. The third kappa shape index (κ3) is 3.36. The molecule has 0 amide bonds. The fraction of sp³-hybridized carbons (Fsp3) is 0.176. The molecule has 2 aromatic carbocycles. The molecule has 5 nitrogen and oxygen atoms in total. The third-order valence-corrected chi connectivity index (χ3v) is 5.16. The number of hydrogen-bond donors (Lipinski definition) is 0. The summed E-state index contributed by atoms with van der Waals surface area (Å²) in [4.78, 5) is 13.6. The van der Waals surface area contributed by atoms with E-state index in [2.05, 4.69) is 15.9 Å². The Morgan fingerprint density at radius 1 is 1.32 bits per heavy atom. The van der Waals surface area contributed by atoms with Gasteiger partial charge in [0.1, 0.15) is 11.2 Å². The minimum absolute atomic E-state index is 0.0425. The maximum atomic E-state index is 14.2. The monoisotopic (exact) mass is 424 g/mol. The molecule has 1 heterocycles.